The number of hydrogen-bond acceptors (Lipinski definition) is 4. The number of morpholine rings is 1. The number of aromatic nitrogens is 3. The molecule has 0 bridgehead atoms. The number of rotatable bonds is 5. The monoisotopic (exact) mass is 396 g/mol. The molecule has 4 rings (SSSR count). The molecule has 1 saturated heterocycles. The maximum absolute atomic E-state index is 6.27. The summed E-state index contributed by atoms with van der Waals surface area (Å²) in [6, 6.07) is 12.1. The number of benzene rings is 1. The average Bonchev–Trinajstić information content (AvgIpc) is 3.03. The van der Waals surface area contributed by atoms with Gasteiger partial charge in [-0.3, -0.25) is 14.6 Å². The molecule has 0 spiro atoms. The Morgan fingerprint density at radius 2 is 2.00 bits per heavy atom. The molecule has 2 aromatic heterocycles. The summed E-state index contributed by atoms with van der Waals surface area (Å²) >= 11 is 6.27. The van der Waals surface area contributed by atoms with Crippen LogP contribution in [0.4, 0.5) is 0 Å². The first-order chi connectivity index (χ1) is 13.6. The predicted molar refractivity (Wildman–Crippen MR) is 110 cm³/mol. The quantitative estimate of drug-likeness (QED) is 0.655. The van der Waals surface area contributed by atoms with Gasteiger partial charge in [0.15, 0.2) is 0 Å². The lowest BCUT2D eigenvalue weighted by atomic mass is 10.1. The van der Waals surface area contributed by atoms with E-state index in [1.165, 1.54) is 11.3 Å². The first-order valence-electron chi connectivity index (χ1n) is 9.60. The van der Waals surface area contributed by atoms with Crippen molar-refractivity contribution in [2.75, 3.05) is 19.7 Å². The smallest absolute Gasteiger partial charge is 0.112 e. The summed E-state index contributed by atoms with van der Waals surface area (Å²) in [7, 11) is 1.98. The van der Waals surface area contributed by atoms with Gasteiger partial charge in [0.05, 0.1) is 18.5 Å². The van der Waals surface area contributed by atoms with Crippen molar-refractivity contribution < 1.29 is 4.74 Å². The van der Waals surface area contributed by atoms with E-state index in [2.05, 4.69) is 40.1 Å². The fourth-order valence-electron chi connectivity index (χ4n) is 3.56. The normalized spacial score (nSPS) is 17.8. The Bertz CT molecular complexity index is 938. The molecule has 1 aliphatic rings. The molecule has 6 heteroatoms. The molecule has 0 amide bonds. The Morgan fingerprint density at radius 3 is 2.71 bits per heavy atom. The first-order valence-corrected chi connectivity index (χ1v) is 9.97. The Balaban J connectivity index is 1.41. The molecule has 0 radical (unpaired) electrons. The zero-order valence-electron chi connectivity index (χ0n) is 16.3. The van der Waals surface area contributed by atoms with Crippen LogP contribution in [0.2, 0.25) is 5.02 Å². The first kappa shape index (κ1) is 19.1. The fourth-order valence-corrected chi connectivity index (χ4v) is 3.76. The average molecular weight is 397 g/mol. The Labute approximate surface area is 170 Å². The summed E-state index contributed by atoms with van der Waals surface area (Å²) in [5, 5.41) is 5.14. The fraction of sp³-hybridized carbons (Fsp3) is 0.364. The van der Waals surface area contributed by atoms with Crippen LogP contribution in [0.1, 0.15) is 34.2 Å². The Morgan fingerprint density at radius 1 is 1.14 bits per heavy atom. The molecule has 5 nitrogen and oxygen atoms in total. The van der Waals surface area contributed by atoms with Crippen molar-refractivity contribution in [1.29, 1.82) is 0 Å². The highest BCUT2D eigenvalue weighted by atomic mass is 35.5. The topological polar surface area (TPSA) is 43.2 Å². The SMILES string of the molecule is Cc1c(CN2CCO[C@@H](c3ccc(Cc4ccccc4Cl)cn3)C2)cnn1C. The van der Waals surface area contributed by atoms with Crippen LogP contribution in [0, 0.1) is 6.92 Å². The van der Waals surface area contributed by atoms with Crippen molar-refractivity contribution >= 4 is 11.6 Å². The summed E-state index contributed by atoms with van der Waals surface area (Å²) in [5.41, 5.74) is 5.73. The van der Waals surface area contributed by atoms with Crippen molar-refractivity contribution in [3.63, 3.8) is 0 Å². The van der Waals surface area contributed by atoms with Gasteiger partial charge in [-0.1, -0.05) is 35.9 Å². The van der Waals surface area contributed by atoms with Gasteiger partial charge in [0.25, 0.3) is 0 Å². The molecule has 0 unspecified atom stereocenters. The lowest BCUT2D eigenvalue weighted by Crippen LogP contribution is -2.38. The van der Waals surface area contributed by atoms with Gasteiger partial charge in [-0.2, -0.15) is 5.10 Å². The molecule has 0 saturated carbocycles. The number of aryl methyl sites for hydroxylation is 1. The zero-order chi connectivity index (χ0) is 19.5. The summed E-state index contributed by atoms with van der Waals surface area (Å²) in [6.45, 7) is 5.48. The van der Waals surface area contributed by atoms with Crippen LogP contribution < -0.4 is 0 Å². The standard InChI is InChI=1S/C22H25ClN4O/c1-16-19(13-25-26(16)2)14-27-9-10-28-22(15-27)21-8-7-17(12-24-21)11-18-5-3-4-6-20(18)23/h3-8,12-13,22H,9-11,14-15H2,1-2H3/t22-/m1/s1. The Hall–Kier alpha value is -2.21. The minimum atomic E-state index is 0.0000841. The maximum Gasteiger partial charge on any atom is 0.112 e. The zero-order valence-corrected chi connectivity index (χ0v) is 17.1. The second kappa shape index (κ2) is 8.43. The molecule has 3 heterocycles. The van der Waals surface area contributed by atoms with Gasteiger partial charge in [0.2, 0.25) is 0 Å². The van der Waals surface area contributed by atoms with Crippen LogP contribution in [-0.2, 0) is 24.8 Å². The van der Waals surface area contributed by atoms with Crippen LogP contribution in [0.25, 0.3) is 0 Å². The second-order valence-electron chi connectivity index (χ2n) is 7.33. The molecule has 28 heavy (non-hydrogen) atoms. The van der Waals surface area contributed by atoms with E-state index in [9.17, 15) is 0 Å². The van der Waals surface area contributed by atoms with Gasteiger partial charge >= 0.3 is 0 Å². The van der Waals surface area contributed by atoms with E-state index in [1.54, 1.807) is 0 Å². The van der Waals surface area contributed by atoms with Crippen LogP contribution >= 0.6 is 11.6 Å². The van der Waals surface area contributed by atoms with Crippen LogP contribution in [-0.4, -0.2) is 39.4 Å². The molecule has 1 fully saturated rings. The minimum Gasteiger partial charge on any atom is -0.369 e. The highest BCUT2D eigenvalue weighted by Crippen LogP contribution is 2.24. The van der Waals surface area contributed by atoms with Gasteiger partial charge in [-0.25, -0.2) is 0 Å². The highest BCUT2D eigenvalue weighted by molar-refractivity contribution is 6.31. The van der Waals surface area contributed by atoms with Crippen LogP contribution in [0.15, 0.2) is 48.8 Å². The third kappa shape index (κ3) is 4.27. The number of nitrogens with zero attached hydrogens (tertiary/aromatic N) is 4. The molecular formula is C22H25ClN4O. The van der Waals surface area contributed by atoms with E-state index in [1.807, 2.05) is 42.3 Å². The van der Waals surface area contributed by atoms with Gasteiger partial charge in [0.1, 0.15) is 6.10 Å². The molecule has 146 valence electrons. The molecule has 0 aliphatic carbocycles. The summed E-state index contributed by atoms with van der Waals surface area (Å²) < 4.78 is 7.92. The van der Waals surface area contributed by atoms with E-state index in [0.29, 0.717) is 6.61 Å². The van der Waals surface area contributed by atoms with E-state index >= 15 is 0 Å². The van der Waals surface area contributed by atoms with Gasteiger partial charge in [0, 0.05) is 55.6 Å². The molecule has 3 aromatic rings. The number of ether oxygens (including phenoxy) is 1. The molecule has 1 atom stereocenters. The lowest BCUT2D eigenvalue weighted by molar-refractivity contribution is -0.0350. The van der Waals surface area contributed by atoms with Crippen molar-refractivity contribution in [3.05, 3.63) is 81.9 Å². The molecular weight excluding hydrogens is 372 g/mol. The van der Waals surface area contributed by atoms with E-state index in [0.717, 1.165) is 47.9 Å². The summed E-state index contributed by atoms with van der Waals surface area (Å²) in [6.07, 6.45) is 4.68. The van der Waals surface area contributed by atoms with Crippen LogP contribution in [0.3, 0.4) is 0 Å². The van der Waals surface area contributed by atoms with Gasteiger partial charge in [-0.15, -0.1) is 0 Å². The van der Waals surface area contributed by atoms with Crippen LogP contribution in [0.5, 0.6) is 0 Å². The number of pyridine rings is 1. The maximum atomic E-state index is 6.27. The number of halogens is 1. The van der Waals surface area contributed by atoms with Crippen molar-refractivity contribution in [1.82, 2.24) is 19.7 Å². The molecule has 0 N–H and O–H groups in total. The van der Waals surface area contributed by atoms with E-state index in [4.69, 9.17) is 16.3 Å². The Kier molecular flexibility index (Phi) is 5.76. The predicted octanol–water partition coefficient (Wildman–Crippen LogP) is 3.94. The third-order valence-electron chi connectivity index (χ3n) is 5.41. The molecule has 1 aliphatic heterocycles. The van der Waals surface area contributed by atoms with Gasteiger partial charge in [-0.05, 0) is 30.2 Å². The third-order valence-corrected chi connectivity index (χ3v) is 5.78. The molecule has 1 aromatic carbocycles. The minimum absolute atomic E-state index is 0.0000841. The number of hydrogen-bond donors (Lipinski definition) is 0. The largest absolute Gasteiger partial charge is 0.369 e. The second-order valence-corrected chi connectivity index (χ2v) is 7.74. The van der Waals surface area contributed by atoms with Gasteiger partial charge < -0.3 is 4.74 Å². The van der Waals surface area contributed by atoms with Crippen molar-refractivity contribution in [2.45, 2.75) is 26.0 Å². The summed E-state index contributed by atoms with van der Waals surface area (Å²) in [4.78, 5) is 7.09. The van der Waals surface area contributed by atoms with E-state index in [-0.39, 0.29) is 6.10 Å². The lowest BCUT2D eigenvalue weighted by Gasteiger charge is -2.32. The van der Waals surface area contributed by atoms with E-state index < -0.39 is 0 Å². The highest BCUT2D eigenvalue weighted by Gasteiger charge is 2.24. The van der Waals surface area contributed by atoms with Crippen molar-refractivity contribution in [2.24, 2.45) is 7.05 Å². The van der Waals surface area contributed by atoms with Crippen molar-refractivity contribution in [3.8, 4) is 0 Å². The summed E-state index contributed by atoms with van der Waals surface area (Å²) in [5.74, 6) is 0.